The van der Waals surface area contributed by atoms with Crippen LogP contribution in [0.5, 0.6) is 0 Å². The molecule has 2 aliphatic heterocycles. The van der Waals surface area contributed by atoms with Crippen LogP contribution in [0.15, 0.2) is 59.5 Å². The van der Waals surface area contributed by atoms with Gasteiger partial charge in [0.05, 0.1) is 34.9 Å². The van der Waals surface area contributed by atoms with E-state index >= 15 is 0 Å². The third-order valence-corrected chi connectivity index (χ3v) is 7.73. The van der Waals surface area contributed by atoms with Crippen molar-refractivity contribution in [2.45, 2.75) is 87.7 Å². The summed E-state index contributed by atoms with van der Waals surface area (Å²) < 4.78 is 54.1. The van der Waals surface area contributed by atoms with Crippen LogP contribution in [-0.2, 0) is 33.2 Å². The molecular formula is C26H32O10S. The molecule has 10 nitrogen and oxygen atoms in total. The molecule has 0 bridgehead atoms. The molecule has 0 aromatic heterocycles. The van der Waals surface area contributed by atoms with Gasteiger partial charge in [0.15, 0.2) is 18.7 Å². The quantitative estimate of drug-likeness (QED) is 0.400. The van der Waals surface area contributed by atoms with Crippen molar-refractivity contribution in [2.24, 2.45) is 0 Å². The summed E-state index contributed by atoms with van der Waals surface area (Å²) in [5, 5.41) is 20.9. The van der Waals surface area contributed by atoms with Gasteiger partial charge in [-0.25, -0.2) is 4.79 Å². The maximum absolute atomic E-state index is 12.9. The van der Waals surface area contributed by atoms with Crippen LogP contribution >= 0.6 is 0 Å². The van der Waals surface area contributed by atoms with Gasteiger partial charge in [-0.1, -0.05) is 35.9 Å². The zero-order valence-corrected chi connectivity index (χ0v) is 21.6. The van der Waals surface area contributed by atoms with Gasteiger partial charge in [-0.15, -0.1) is 0 Å². The van der Waals surface area contributed by atoms with Crippen LogP contribution in [0.4, 0.5) is 0 Å². The summed E-state index contributed by atoms with van der Waals surface area (Å²) in [7, 11) is -4.16. The van der Waals surface area contributed by atoms with Crippen molar-refractivity contribution in [1.82, 2.24) is 0 Å². The number of aryl methyl sites for hydroxylation is 1. The number of aliphatic hydroxyl groups is 2. The van der Waals surface area contributed by atoms with Crippen molar-refractivity contribution in [2.75, 3.05) is 0 Å². The van der Waals surface area contributed by atoms with E-state index in [9.17, 15) is 23.4 Å². The van der Waals surface area contributed by atoms with Gasteiger partial charge in [0.2, 0.25) is 0 Å². The SMILES string of the molecule is Cc1ccc(S(=O)(=O)O[C@@H]2[C@@H](C)O[C@H](O)C[C@H]2O[C@H]2C[C@@H](O)[C@H](OC(=O)c3ccccc3)[C@@H](C)O2)cc1. The van der Waals surface area contributed by atoms with Gasteiger partial charge in [-0.2, -0.15) is 8.42 Å². The molecule has 0 radical (unpaired) electrons. The Labute approximate surface area is 216 Å². The Kier molecular flexibility index (Phi) is 8.64. The fraction of sp³-hybridized carbons (Fsp3) is 0.500. The van der Waals surface area contributed by atoms with Crippen molar-refractivity contribution < 1.29 is 46.6 Å². The topological polar surface area (TPSA) is 138 Å². The minimum Gasteiger partial charge on any atom is -0.453 e. The molecule has 0 aliphatic carbocycles. The Balaban J connectivity index is 1.43. The van der Waals surface area contributed by atoms with Crippen LogP contribution in [-0.4, -0.2) is 73.8 Å². The van der Waals surface area contributed by atoms with Crippen molar-refractivity contribution in [3.8, 4) is 0 Å². The standard InChI is InChI=1S/C26H32O10S/c1-15-9-11-19(12-10-15)37(30,31)36-25-17(3)32-22(28)14-21(25)34-23-13-20(27)24(16(2)33-23)35-26(29)18-7-5-4-6-8-18/h4-12,16-17,20-25,27-28H,13-14H2,1-3H3/t16-,17-,20-,21-,22+,23+,24-,25-/m1/s1. The van der Waals surface area contributed by atoms with Crippen LogP contribution in [0.3, 0.4) is 0 Å². The number of aliphatic hydroxyl groups excluding tert-OH is 2. The molecule has 0 spiro atoms. The van der Waals surface area contributed by atoms with Gasteiger partial charge in [0, 0.05) is 12.8 Å². The lowest BCUT2D eigenvalue weighted by Crippen LogP contribution is -2.54. The lowest BCUT2D eigenvalue weighted by Gasteiger charge is -2.42. The molecule has 2 heterocycles. The van der Waals surface area contributed by atoms with E-state index in [-0.39, 0.29) is 17.7 Å². The Hall–Kier alpha value is -2.38. The number of hydrogen-bond acceptors (Lipinski definition) is 10. The van der Waals surface area contributed by atoms with Gasteiger partial charge in [-0.05, 0) is 45.0 Å². The molecule has 2 fully saturated rings. The van der Waals surface area contributed by atoms with Gasteiger partial charge in [-0.3, -0.25) is 4.18 Å². The molecule has 2 aromatic carbocycles. The molecular weight excluding hydrogens is 504 g/mol. The van der Waals surface area contributed by atoms with E-state index in [1.54, 1.807) is 56.3 Å². The first-order valence-electron chi connectivity index (χ1n) is 12.1. The highest BCUT2D eigenvalue weighted by molar-refractivity contribution is 7.86. The smallest absolute Gasteiger partial charge is 0.338 e. The lowest BCUT2D eigenvalue weighted by atomic mass is 10.0. The lowest BCUT2D eigenvalue weighted by molar-refractivity contribution is -0.297. The molecule has 2 N–H and O–H groups in total. The second kappa shape index (κ2) is 11.6. The van der Waals surface area contributed by atoms with Crippen LogP contribution in [0.25, 0.3) is 0 Å². The average Bonchev–Trinajstić information content (AvgIpc) is 2.84. The molecule has 0 unspecified atom stereocenters. The van der Waals surface area contributed by atoms with E-state index in [1.165, 1.54) is 12.1 Å². The molecule has 2 saturated heterocycles. The fourth-order valence-electron chi connectivity index (χ4n) is 4.44. The summed E-state index contributed by atoms with van der Waals surface area (Å²) in [6.07, 6.45) is -7.87. The Morgan fingerprint density at radius 2 is 1.57 bits per heavy atom. The van der Waals surface area contributed by atoms with E-state index in [1.807, 2.05) is 6.92 Å². The minimum atomic E-state index is -4.16. The molecule has 0 amide bonds. The highest BCUT2D eigenvalue weighted by atomic mass is 32.2. The van der Waals surface area contributed by atoms with Crippen molar-refractivity contribution >= 4 is 16.1 Å². The molecule has 4 rings (SSSR count). The third-order valence-electron chi connectivity index (χ3n) is 6.40. The summed E-state index contributed by atoms with van der Waals surface area (Å²) in [5.74, 6) is -0.587. The van der Waals surface area contributed by atoms with E-state index in [2.05, 4.69) is 0 Å². The Morgan fingerprint density at radius 3 is 2.22 bits per heavy atom. The predicted molar refractivity (Wildman–Crippen MR) is 130 cm³/mol. The van der Waals surface area contributed by atoms with Gasteiger partial charge >= 0.3 is 5.97 Å². The van der Waals surface area contributed by atoms with Gasteiger partial charge < -0.3 is 29.2 Å². The molecule has 37 heavy (non-hydrogen) atoms. The third kappa shape index (κ3) is 6.74. The normalized spacial score (nSPS) is 32.6. The average molecular weight is 537 g/mol. The van der Waals surface area contributed by atoms with Gasteiger partial charge in [0.1, 0.15) is 6.10 Å². The second-order valence-corrected chi connectivity index (χ2v) is 10.9. The molecule has 2 aliphatic rings. The fourth-order valence-corrected chi connectivity index (χ4v) is 5.59. The van der Waals surface area contributed by atoms with Crippen molar-refractivity contribution in [1.29, 1.82) is 0 Å². The molecule has 11 heteroatoms. The highest BCUT2D eigenvalue weighted by Crippen LogP contribution is 2.32. The summed E-state index contributed by atoms with van der Waals surface area (Å²) in [6, 6.07) is 14.6. The predicted octanol–water partition coefficient (Wildman–Crippen LogP) is 2.30. The summed E-state index contributed by atoms with van der Waals surface area (Å²) >= 11 is 0. The van der Waals surface area contributed by atoms with Crippen LogP contribution in [0.1, 0.15) is 42.6 Å². The highest BCUT2D eigenvalue weighted by Gasteiger charge is 2.45. The van der Waals surface area contributed by atoms with Gasteiger partial charge in [0.25, 0.3) is 10.1 Å². The monoisotopic (exact) mass is 536 g/mol. The zero-order chi connectivity index (χ0) is 26.7. The first-order chi connectivity index (χ1) is 17.5. The largest absolute Gasteiger partial charge is 0.453 e. The summed E-state index contributed by atoms with van der Waals surface area (Å²) in [5.41, 5.74) is 1.24. The number of ether oxygens (including phenoxy) is 4. The first kappa shape index (κ1) is 27.6. The Morgan fingerprint density at radius 1 is 0.919 bits per heavy atom. The minimum absolute atomic E-state index is 0.0174. The summed E-state index contributed by atoms with van der Waals surface area (Å²) in [6.45, 7) is 5.05. The maximum atomic E-state index is 12.9. The molecule has 0 saturated carbocycles. The maximum Gasteiger partial charge on any atom is 0.338 e. The summed E-state index contributed by atoms with van der Waals surface area (Å²) in [4.78, 5) is 12.4. The first-order valence-corrected chi connectivity index (χ1v) is 13.5. The van der Waals surface area contributed by atoms with E-state index < -0.39 is 65.3 Å². The number of carbonyl (C=O) groups excluding carboxylic acids is 1. The number of carbonyl (C=O) groups is 1. The van der Waals surface area contributed by atoms with Crippen molar-refractivity contribution in [3.63, 3.8) is 0 Å². The molecule has 8 atom stereocenters. The molecule has 202 valence electrons. The number of hydrogen-bond donors (Lipinski definition) is 2. The number of esters is 1. The van der Waals surface area contributed by atoms with Crippen LogP contribution in [0, 0.1) is 6.92 Å². The van der Waals surface area contributed by atoms with Crippen molar-refractivity contribution in [3.05, 3.63) is 65.7 Å². The number of rotatable bonds is 7. The zero-order valence-electron chi connectivity index (χ0n) is 20.8. The van der Waals surface area contributed by atoms with Crippen LogP contribution < -0.4 is 0 Å². The second-order valence-electron chi connectivity index (χ2n) is 9.34. The molecule has 2 aromatic rings. The van der Waals surface area contributed by atoms with Crippen LogP contribution in [0.2, 0.25) is 0 Å². The Bertz CT molecular complexity index is 1140. The number of benzene rings is 2. The van der Waals surface area contributed by atoms with E-state index in [4.69, 9.17) is 23.1 Å². The van der Waals surface area contributed by atoms with E-state index in [0.717, 1.165) is 5.56 Å². The van der Waals surface area contributed by atoms with E-state index in [0.29, 0.717) is 5.56 Å².